The number of methoxy groups -OCH3 is 2. The number of ether oxygens (including phenoxy) is 2. The molecular formula is C9H22N2O2. The normalized spacial score (nSPS) is 14.1. The molecule has 0 saturated carbocycles. The Kier molecular flexibility index (Phi) is 7.17. The molecule has 1 unspecified atom stereocenters. The average Bonchev–Trinajstić information content (AvgIpc) is 2.05. The lowest BCUT2D eigenvalue weighted by atomic mass is 10.3. The van der Waals surface area contributed by atoms with Crippen molar-refractivity contribution in [1.82, 2.24) is 10.2 Å². The van der Waals surface area contributed by atoms with E-state index in [1.807, 2.05) is 0 Å². The van der Waals surface area contributed by atoms with Gasteiger partial charge in [-0.05, 0) is 21.0 Å². The minimum Gasteiger partial charge on any atom is -0.355 e. The Hall–Kier alpha value is -0.160. The fourth-order valence-corrected chi connectivity index (χ4v) is 1.17. The van der Waals surface area contributed by atoms with Gasteiger partial charge >= 0.3 is 0 Å². The SMILES string of the molecule is COC(CNC(C)CN(C)C)OC. The molecule has 4 nitrogen and oxygen atoms in total. The van der Waals surface area contributed by atoms with Crippen molar-refractivity contribution in [1.29, 1.82) is 0 Å². The molecule has 0 aliphatic rings. The van der Waals surface area contributed by atoms with Crippen molar-refractivity contribution in [2.75, 3.05) is 41.4 Å². The van der Waals surface area contributed by atoms with Crippen molar-refractivity contribution in [3.8, 4) is 0 Å². The van der Waals surface area contributed by atoms with Gasteiger partial charge in [-0.2, -0.15) is 0 Å². The molecule has 1 N–H and O–H groups in total. The zero-order chi connectivity index (χ0) is 10.3. The molecule has 0 bridgehead atoms. The third-order valence-corrected chi connectivity index (χ3v) is 1.80. The van der Waals surface area contributed by atoms with Gasteiger partial charge in [0, 0.05) is 33.4 Å². The minimum absolute atomic E-state index is 0.149. The molecule has 0 aliphatic carbocycles. The van der Waals surface area contributed by atoms with Crippen LogP contribution in [0.4, 0.5) is 0 Å². The van der Waals surface area contributed by atoms with E-state index in [2.05, 4.69) is 31.2 Å². The van der Waals surface area contributed by atoms with E-state index < -0.39 is 0 Å². The van der Waals surface area contributed by atoms with Crippen LogP contribution in [0.25, 0.3) is 0 Å². The van der Waals surface area contributed by atoms with Gasteiger partial charge in [0.15, 0.2) is 6.29 Å². The van der Waals surface area contributed by atoms with Crippen LogP contribution in [0.3, 0.4) is 0 Å². The van der Waals surface area contributed by atoms with Gasteiger partial charge in [-0.25, -0.2) is 0 Å². The van der Waals surface area contributed by atoms with E-state index in [0.717, 1.165) is 13.1 Å². The minimum atomic E-state index is -0.149. The number of hydrogen-bond donors (Lipinski definition) is 1. The Morgan fingerprint density at radius 1 is 1.23 bits per heavy atom. The van der Waals surface area contributed by atoms with Crippen LogP contribution in [0.5, 0.6) is 0 Å². The Balaban J connectivity index is 3.49. The summed E-state index contributed by atoms with van der Waals surface area (Å²) < 4.78 is 10.1. The number of hydrogen-bond acceptors (Lipinski definition) is 4. The van der Waals surface area contributed by atoms with E-state index in [1.165, 1.54) is 0 Å². The van der Waals surface area contributed by atoms with Crippen LogP contribution in [-0.2, 0) is 9.47 Å². The van der Waals surface area contributed by atoms with E-state index in [9.17, 15) is 0 Å². The highest BCUT2D eigenvalue weighted by Gasteiger charge is 2.07. The van der Waals surface area contributed by atoms with Crippen LogP contribution in [-0.4, -0.2) is 58.6 Å². The first-order chi connectivity index (χ1) is 6.10. The zero-order valence-corrected chi connectivity index (χ0v) is 9.33. The smallest absolute Gasteiger partial charge is 0.169 e. The molecule has 0 saturated heterocycles. The molecule has 13 heavy (non-hydrogen) atoms. The van der Waals surface area contributed by atoms with Crippen molar-refractivity contribution < 1.29 is 9.47 Å². The molecule has 0 amide bonds. The lowest BCUT2D eigenvalue weighted by molar-refractivity contribution is -0.0998. The van der Waals surface area contributed by atoms with E-state index in [1.54, 1.807) is 14.2 Å². The zero-order valence-electron chi connectivity index (χ0n) is 9.33. The highest BCUT2D eigenvalue weighted by Crippen LogP contribution is 1.90. The summed E-state index contributed by atoms with van der Waals surface area (Å²) in [6.07, 6.45) is -0.149. The molecule has 1 atom stereocenters. The van der Waals surface area contributed by atoms with Gasteiger partial charge in [0.2, 0.25) is 0 Å². The molecule has 4 heteroatoms. The predicted octanol–water partition coefficient (Wildman–Crippen LogP) is 0.145. The van der Waals surface area contributed by atoms with Crippen LogP contribution < -0.4 is 5.32 Å². The summed E-state index contributed by atoms with van der Waals surface area (Å²) in [5, 5.41) is 3.32. The maximum Gasteiger partial charge on any atom is 0.169 e. The summed E-state index contributed by atoms with van der Waals surface area (Å²) in [6, 6.07) is 0.447. The molecule has 0 heterocycles. The lowest BCUT2D eigenvalue weighted by Gasteiger charge is -2.21. The Labute approximate surface area is 81.2 Å². The number of nitrogens with zero attached hydrogens (tertiary/aromatic N) is 1. The van der Waals surface area contributed by atoms with E-state index in [-0.39, 0.29) is 6.29 Å². The topological polar surface area (TPSA) is 33.7 Å². The summed E-state index contributed by atoms with van der Waals surface area (Å²) >= 11 is 0. The Morgan fingerprint density at radius 2 is 1.77 bits per heavy atom. The van der Waals surface area contributed by atoms with Crippen molar-refractivity contribution in [2.24, 2.45) is 0 Å². The first kappa shape index (κ1) is 12.8. The van der Waals surface area contributed by atoms with Crippen LogP contribution in [0.2, 0.25) is 0 Å². The van der Waals surface area contributed by atoms with Gasteiger partial charge in [0.25, 0.3) is 0 Å². The molecule has 80 valence electrons. The first-order valence-electron chi connectivity index (χ1n) is 4.53. The fraction of sp³-hybridized carbons (Fsp3) is 1.00. The van der Waals surface area contributed by atoms with Gasteiger partial charge in [0.1, 0.15) is 0 Å². The van der Waals surface area contributed by atoms with Gasteiger partial charge in [-0.3, -0.25) is 0 Å². The Morgan fingerprint density at radius 3 is 2.15 bits per heavy atom. The Bertz CT molecular complexity index is 116. The van der Waals surface area contributed by atoms with Gasteiger partial charge in [-0.15, -0.1) is 0 Å². The molecule has 0 aliphatic heterocycles. The second-order valence-electron chi connectivity index (χ2n) is 3.47. The lowest BCUT2D eigenvalue weighted by Crippen LogP contribution is -2.40. The molecular weight excluding hydrogens is 168 g/mol. The largest absolute Gasteiger partial charge is 0.355 e. The van der Waals surface area contributed by atoms with Crippen molar-refractivity contribution in [2.45, 2.75) is 19.3 Å². The molecule has 0 radical (unpaired) electrons. The molecule has 0 aromatic carbocycles. The van der Waals surface area contributed by atoms with E-state index in [0.29, 0.717) is 6.04 Å². The molecule has 0 spiro atoms. The van der Waals surface area contributed by atoms with Crippen LogP contribution in [0.1, 0.15) is 6.92 Å². The van der Waals surface area contributed by atoms with Crippen molar-refractivity contribution in [3.05, 3.63) is 0 Å². The third-order valence-electron chi connectivity index (χ3n) is 1.80. The standard InChI is InChI=1S/C9H22N2O2/c1-8(7-11(2)3)10-6-9(12-4)13-5/h8-10H,6-7H2,1-5H3. The molecule has 0 aromatic rings. The quantitative estimate of drug-likeness (QED) is 0.579. The first-order valence-corrected chi connectivity index (χ1v) is 4.53. The van der Waals surface area contributed by atoms with Crippen LogP contribution >= 0.6 is 0 Å². The summed E-state index contributed by atoms with van der Waals surface area (Å²) in [5.41, 5.74) is 0. The second-order valence-corrected chi connectivity index (χ2v) is 3.47. The second kappa shape index (κ2) is 7.26. The van der Waals surface area contributed by atoms with Crippen LogP contribution in [0.15, 0.2) is 0 Å². The number of likely N-dealkylation sites (N-methyl/N-ethyl adjacent to an activating group) is 1. The molecule has 0 rings (SSSR count). The van der Waals surface area contributed by atoms with E-state index in [4.69, 9.17) is 9.47 Å². The highest BCUT2D eigenvalue weighted by atomic mass is 16.7. The molecule has 0 aromatic heterocycles. The van der Waals surface area contributed by atoms with Crippen LogP contribution in [0, 0.1) is 0 Å². The number of rotatable bonds is 7. The fourth-order valence-electron chi connectivity index (χ4n) is 1.17. The summed E-state index contributed by atoms with van der Waals surface area (Å²) in [7, 11) is 7.41. The molecule has 0 fully saturated rings. The van der Waals surface area contributed by atoms with Crippen molar-refractivity contribution in [3.63, 3.8) is 0 Å². The average molecular weight is 190 g/mol. The maximum atomic E-state index is 5.06. The van der Waals surface area contributed by atoms with E-state index >= 15 is 0 Å². The monoisotopic (exact) mass is 190 g/mol. The maximum absolute atomic E-state index is 5.06. The third kappa shape index (κ3) is 6.95. The van der Waals surface area contributed by atoms with Gasteiger partial charge < -0.3 is 19.7 Å². The summed E-state index contributed by atoms with van der Waals surface area (Å²) in [5.74, 6) is 0. The van der Waals surface area contributed by atoms with Crippen molar-refractivity contribution >= 4 is 0 Å². The number of nitrogens with one attached hydrogen (secondary N) is 1. The van der Waals surface area contributed by atoms with Gasteiger partial charge in [-0.1, -0.05) is 0 Å². The van der Waals surface area contributed by atoms with Gasteiger partial charge in [0.05, 0.1) is 0 Å². The summed E-state index contributed by atoms with van der Waals surface area (Å²) in [4.78, 5) is 2.15. The highest BCUT2D eigenvalue weighted by molar-refractivity contribution is 4.64. The summed E-state index contributed by atoms with van der Waals surface area (Å²) in [6.45, 7) is 3.88. The predicted molar refractivity (Wildman–Crippen MR) is 53.8 cm³/mol.